The molecule has 2 heterocycles. The normalized spacial score (nSPS) is 12.0. The molecule has 0 N–H and O–H groups in total. The van der Waals surface area contributed by atoms with Gasteiger partial charge >= 0.3 is 0 Å². The van der Waals surface area contributed by atoms with Crippen molar-refractivity contribution in [2.24, 2.45) is 7.05 Å². The number of hydrogen-bond donors (Lipinski definition) is 0. The minimum atomic E-state index is -0.210. The third-order valence-corrected chi connectivity index (χ3v) is 9.09. The number of hydrogen-bond acceptors (Lipinski definition) is 6. The average Bonchev–Trinajstić information content (AvgIpc) is 3.63. The van der Waals surface area contributed by atoms with Gasteiger partial charge in [-0.1, -0.05) is 35.6 Å². The fourth-order valence-corrected chi connectivity index (χ4v) is 6.59. The summed E-state index contributed by atoms with van der Waals surface area (Å²) in [6.45, 7) is 3.78. The van der Waals surface area contributed by atoms with Crippen LogP contribution >= 0.6 is 22.9 Å². The first kappa shape index (κ1) is 28.8. The van der Waals surface area contributed by atoms with E-state index in [-0.39, 0.29) is 18.6 Å². The summed E-state index contributed by atoms with van der Waals surface area (Å²) >= 11 is 7.80. The highest BCUT2D eigenvalue weighted by Gasteiger charge is 2.22. The van der Waals surface area contributed by atoms with Crippen molar-refractivity contribution in [2.45, 2.75) is 13.5 Å². The molecule has 0 bridgehead atoms. The monoisotopic (exact) mass is 614 g/mol. The molecular formula is C34H33ClN3O4S+. The molecular weight excluding hydrogens is 582 g/mol. The molecule has 7 nitrogen and oxygen atoms in total. The minimum Gasteiger partial charge on any atom is -0.491 e. The molecule has 1 aliphatic heterocycles. The van der Waals surface area contributed by atoms with Crippen LogP contribution in [0.3, 0.4) is 0 Å². The van der Waals surface area contributed by atoms with Crippen molar-refractivity contribution in [2.75, 3.05) is 42.7 Å². The zero-order valence-corrected chi connectivity index (χ0v) is 26.0. The summed E-state index contributed by atoms with van der Waals surface area (Å²) in [5.74, 6) is 1.65. The van der Waals surface area contributed by atoms with E-state index in [0.717, 1.165) is 17.0 Å². The van der Waals surface area contributed by atoms with Crippen LogP contribution in [0.4, 0.5) is 11.4 Å². The van der Waals surface area contributed by atoms with Crippen LogP contribution in [-0.2, 0) is 18.4 Å². The third kappa shape index (κ3) is 6.12. The molecule has 0 saturated carbocycles. The average molecular weight is 615 g/mol. The Hall–Kier alpha value is -4.27. The molecule has 0 aliphatic carbocycles. The van der Waals surface area contributed by atoms with E-state index in [1.165, 1.54) is 26.4 Å². The highest BCUT2D eigenvalue weighted by Crippen LogP contribution is 2.36. The van der Waals surface area contributed by atoms with Crippen molar-refractivity contribution < 1.29 is 23.6 Å². The van der Waals surface area contributed by atoms with E-state index >= 15 is 0 Å². The van der Waals surface area contributed by atoms with Crippen molar-refractivity contribution in [3.63, 3.8) is 0 Å². The second kappa shape index (κ2) is 12.5. The van der Waals surface area contributed by atoms with E-state index in [4.69, 9.17) is 25.8 Å². The molecule has 220 valence electrons. The van der Waals surface area contributed by atoms with Gasteiger partial charge in [0.15, 0.2) is 11.5 Å². The lowest BCUT2D eigenvalue weighted by Gasteiger charge is -2.24. The van der Waals surface area contributed by atoms with Gasteiger partial charge in [0.1, 0.15) is 30.0 Å². The van der Waals surface area contributed by atoms with Crippen LogP contribution in [0.15, 0.2) is 84.9 Å². The number of ether oxygens (including phenoxy) is 3. The maximum Gasteiger partial charge on any atom is 0.269 e. The summed E-state index contributed by atoms with van der Waals surface area (Å²) in [4.78, 5) is 16.7. The molecule has 4 aromatic carbocycles. The standard InChI is InChI=1S/C34H33ClN3O4S/c1-23-8-14-28-32(18-23)43-34(37(28)3)24-9-11-26(12-10-24)36(2)16-17-40-29-7-5-4-6-25(29)21-38(33(39)20-35)27-13-15-30-31(19-27)42-22-41-30/h4-15,18-19H,16-17,20-22H2,1-3H3/q+1. The van der Waals surface area contributed by atoms with Gasteiger partial charge < -0.3 is 24.0 Å². The molecule has 0 unspecified atom stereocenters. The van der Waals surface area contributed by atoms with Crippen molar-refractivity contribution in [1.29, 1.82) is 0 Å². The highest BCUT2D eigenvalue weighted by molar-refractivity contribution is 7.21. The second-order valence-electron chi connectivity index (χ2n) is 10.5. The number of para-hydroxylation sites is 1. The van der Waals surface area contributed by atoms with Crippen molar-refractivity contribution in [1.82, 2.24) is 0 Å². The number of rotatable bonds is 10. The SMILES string of the molecule is Cc1ccc2c(c1)sc(-c1ccc(N(C)CCOc3ccccc3CN(C(=O)CCl)c3ccc4c(c3)OCO4)cc1)[n+]2C. The molecule has 0 fully saturated rings. The summed E-state index contributed by atoms with van der Waals surface area (Å²) in [5, 5.41) is 1.23. The smallest absolute Gasteiger partial charge is 0.269 e. The molecule has 5 aromatic rings. The number of anilines is 2. The summed E-state index contributed by atoms with van der Waals surface area (Å²) in [6.07, 6.45) is 0. The van der Waals surface area contributed by atoms with E-state index < -0.39 is 0 Å². The predicted octanol–water partition coefficient (Wildman–Crippen LogP) is 6.72. The number of fused-ring (bicyclic) bond motifs is 2. The Labute approximate surface area is 260 Å². The predicted molar refractivity (Wildman–Crippen MR) is 173 cm³/mol. The number of aryl methyl sites for hydroxylation is 2. The van der Waals surface area contributed by atoms with Gasteiger partial charge in [-0.2, -0.15) is 4.57 Å². The number of carbonyl (C=O) groups is 1. The molecule has 0 atom stereocenters. The first-order valence-electron chi connectivity index (χ1n) is 14.1. The van der Waals surface area contributed by atoms with Crippen LogP contribution in [0.1, 0.15) is 11.1 Å². The van der Waals surface area contributed by atoms with Crippen LogP contribution in [-0.4, -0.2) is 38.8 Å². The third-order valence-electron chi connectivity index (χ3n) is 7.61. The number of alkyl halides is 1. The summed E-state index contributed by atoms with van der Waals surface area (Å²) in [7, 11) is 4.19. The molecule has 6 rings (SSSR count). The Kier molecular flexibility index (Phi) is 8.40. The number of carbonyl (C=O) groups excluding carboxylic acids is 1. The quantitative estimate of drug-likeness (QED) is 0.129. The van der Waals surface area contributed by atoms with Gasteiger partial charge in [0.05, 0.1) is 18.7 Å². The Morgan fingerprint density at radius 1 is 0.977 bits per heavy atom. The lowest BCUT2D eigenvalue weighted by atomic mass is 10.1. The molecule has 1 amide bonds. The summed E-state index contributed by atoms with van der Waals surface area (Å²) < 4.78 is 20.7. The first-order valence-corrected chi connectivity index (χ1v) is 15.4. The van der Waals surface area contributed by atoms with Gasteiger partial charge in [0.2, 0.25) is 18.2 Å². The van der Waals surface area contributed by atoms with Crippen LogP contribution in [0.2, 0.25) is 0 Å². The van der Waals surface area contributed by atoms with Gasteiger partial charge in [0.25, 0.3) is 5.01 Å². The number of thiazole rings is 1. The fourth-order valence-electron chi connectivity index (χ4n) is 5.19. The van der Waals surface area contributed by atoms with E-state index in [1.807, 2.05) is 41.7 Å². The van der Waals surface area contributed by atoms with Crippen LogP contribution in [0.5, 0.6) is 17.2 Å². The van der Waals surface area contributed by atoms with Crippen molar-refractivity contribution >= 4 is 50.4 Å². The van der Waals surface area contributed by atoms with E-state index in [9.17, 15) is 4.79 Å². The van der Waals surface area contributed by atoms with E-state index in [1.54, 1.807) is 17.0 Å². The van der Waals surface area contributed by atoms with Crippen molar-refractivity contribution in [3.8, 4) is 27.8 Å². The topological polar surface area (TPSA) is 55.1 Å². The van der Waals surface area contributed by atoms with Gasteiger partial charge in [-0.15, -0.1) is 11.6 Å². The highest BCUT2D eigenvalue weighted by atomic mass is 35.5. The Morgan fingerprint density at radius 2 is 1.74 bits per heavy atom. The number of likely N-dealkylation sites (N-methyl/N-ethyl adjacent to an activating group) is 1. The number of nitrogens with zero attached hydrogens (tertiary/aromatic N) is 3. The molecule has 0 radical (unpaired) electrons. The summed E-state index contributed by atoms with van der Waals surface area (Å²) in [6, 6.07) is 28.5. The molecule has 43 heavy (non-hydrogen) atoms. The van der Waals surface area contributed by atoms with Crippen LogP contribution < -0.4 is 28.6 Å². The number of amides is 1. The Balaban J connectivity index is 1.11. The molecule has 1 aromatic heterocycles. The number of aromatic nitrogens is 1. The number of halogens is 1. The minimum absolute atomic E-state index is 0.137. The second-order valence-corrected chi connectivity index (χ2v) is 11.8. The maximum absolute atomic E-state index is 12.9. The van der Waals surface area contributed by atoms with E-state index in [2.05, 4.69) is 73.0 Å². The van der Waals surface area contributed by atoms with Crippen LogP contribution in [0.25, 0.3) is 20.8 Å². The fraction of sp³-hybridized carbons (Fsp3) is 0.235. The largest absolute Gasteiger partial charge is 0.491 e. The summed E-state index contributed by atoms with van der Waals surface area (Å²) in [5.41, 5.74) is 6.40. The van der Waals surface area contributed by atoms with Crippen LogP contribution in [0, 0.1) is 6.92 Å². The molecule has 1 aliphatic rings. The van der Waals surface area contributed by atoms with Gasteiger partial charge in [-0.3, -0.25) is 4.79 Å². The number of benzene rings is 4. The first-order chi connectivity index (χ1) is 20.9. The zero-order valence-electron chi connectivity index (χ0n) is 24.4. The Morgan fingerprint density at radius 3 is 2.56 bits per heavy atom. The molecule has 9 heteroatoms. The van der Waals surface area contributed by atoms with Gasteiger partial charge in [-0.25, -0.2) is 0 Å². The Bertz CT molecular complexity index is 1770. The zero-order chi connectivity index (χ0) is 29.9. The lowest BCUT2D eigenvalue weighted by Crippen LogP contribution is -2.31. The van der Waals surface area contributed by atoms with Gasteiger partial charge in [-0.05, 0) is 61.0 Å². The maximum atomic E-state index is 12.9. The van der Waals surface area contributed by atoms with Crippen molar-refractivity contribution in [3.05, 3.63) is 96.1 Å². The van der Waals surface area contributed by atoms with E-state index in [0.29, 0.717) is 36.9 Å². The lowest BCUT2D eigenvalue weighted by molar-refractivity contribution is -0.629. The molecule has 0 saturated heterocycles. The van der Waals surface area contributed by atoms with Gasteiger partial charge in [0, 0.05) is 36.1 Å². The molecule has 0 spiro atoms.